The van der Waals surface area contributed by atoms with Crippen LogP contribution < -0.4 is 15.4 Å². The number of benzene rings is 1. The lowest BCUT2D eigenvalue weighted by Gasteiger charge is -2.19. The lowest BCUT2D eigenvalue weighted by molar-refractivity contribution is -0.120. The van der Waals surface area contributed by atoms with E-state index in [4.69, 9.17) is 10.00 Å². The number of nitrogens with one attached hydrogen (secondary N) is 2. The minimum atomic E-state index is 0.00764. The molecule has 2 fully saturated rings. The van der Waals surface area contributed by atoms with Crippen LogP contribution in [-0.2, 0) is 4.79 Å². The Labute approximate surface area is 117 Å². The molecule has 0 aromatic heterocycles. The Morgan fingerprint density at radius 3 is 3.10 bits per heavy atom. The molecular formula is C15H17N3O2. The predicted molar refractivity (Wildman–Crippen MR) is 74.2 cm³/mol. The maximum Gasteiger partial charge on any atom is 0.229 e. The second kappa shape index (κ2) is 5.51. The Morgan fingerprint density at radius 1 is 1.50 bits per heavy atom. The van der Waals surface area contributed by atoms with E-state index in [1.807, 2.05) is 12.1 Å². The molecule has 0 saturated carbocycles. The smallest absolute Gasteiger partial charge is 0.229 e. The summed E-state index contributed by atoms with van der Waals surface area (Å²) in [6.45, 7) is 0.00764. The van der Waals surface area contributed by atoms with Gasteiger partial charge in [0, 0.05) is 23.8 Å². The van der Waals surface area contributed by atoms with Crippen LogP contribution in [0, 0.1) is 17.2 Å². The molecule has 20 heavy (non-hydrogen) atoms. The number of amides is 1. The Morgan fingerprint density at radius 2 is 2.40 bits per heavy atom. The summed E-state index contributed by atoms with van der Waals surface area (Å²) >= 11 is 0. The van der Waals surface area contributed by atoms with Crippen LogP contribution in [0.25, 0.3) is 0 Å². The summed E-state index contributed by atoms with van der Waals surface area (Å²) in [5.41, 5.74) is 0.716. The van der Waals surface area contributed by atoms with Crippen molar-refractivity contribution in [1.82, 2.24) is 5.32 Å². The van der Waals surface area contributed by atoms with Crippen LogP contribution >= 0.6 is 0 Å². The molecule has 5 nitrogen and oxygen atoms in total. The maximum atomic E-state index is 12.3. The number of carbonyl (C=O) groups is 1. The highest BCUT2D eigenvalue weighted by Gasteiger charge is 2.42. The maximum absolute atomic E-state index is 12.3. The first-order valence-corrected chi connectivity index (χ1v) is 6.93. The number of ether oxygens (including phenoxy) is 1. The molecule has 5 heteroatoms. The molecule has 2 aliphatic heterocycles. The van der Waals surface area contributed by atoms with Gasteiger partial charge in [-0.15, -0.1) is 0 Å². The minimum absolute atomic E-state index is 0.00764. The van der Waals surface area contributed by atoms with E-state index >= 15 is 0 Å². The van der Waals surface area contributed by atoms with Crippen LogP contribution in [-0.4, -0.2) is 24.6 Å². The summed E-state index contributed by atoms with van der Waals surface area (Å²) in [6.07, 6.45) is 3.21. The van der Waals surface area contributed by atoms with Crippen molar-refractivity contribution in [3.63, 3.8) is 0 Å². The van der Waals surface area contributed by atoms with Gasteiger partial charge in [0.1, 0.15) is 11.8 Å². The molecule has 1 aromatic rings. The average Bonchev–Trinajstić information content (AvgIpc) is 3.08. The fraction of sp³-hybridized carbons (Fsp3) is 0.467. The highest BCUT2D eigenvalue weighted by Crippen LogP contribution is 2.34. The van der Waals surface area contributed by atoms with Crippen molar-refractivity contribution in [2.75, 3.05) is 11.9 Å². The van der Waals surface area contributed by atoms with E-state index in [1.165, 1.54) is 6.42 Å². The van der Waals surface area contributed by atoms with Gasteiger partial charge in [0.05, 0.1) is 5.92 Å². The molecule has 104 valence electrons. The number of carbonyl (C=O) groups excluding carboxylic acids is 1. The monoisotopic (exact) mass is 271 g/mol. The molecule has 2 heterocycles. The fourth-order valence-electron chi connectivity index (χ4n) is 3.13. The van der Waals surface area contributed by atoms with Gasteiger partial charge < -0.3 is 15.4 Å². The van der Waals surface area contributed by atoms with Gasteiger partial charge in [0.25, 0.3) is 0 Å². The van der Waals surface area contributed by atoms with Gasteiger partial charge >= 0.3 is 0 Å². The molecule has 1 aromatic carbocycles. The van der Waals surface area contributed by atoms with Crippen LogP contribution in [0.5, 0.6) is 5.75 Å². The molecule has 2 bridgehead atoms. The third-order valence-electron chi connectivity index (χ3n) is 4.04. The molecule has 0 radical (unpaired) electrons. The van der Waals surface area contributed by atoms with E-state index in [2.05, 4.69) is 10.6 Å². The number of nitrogens with zero attached hydrogens (tertiary/aromatic N) is 1. The van der Waals surface area contributed by atoms with Crippen molar-refractivity contribution in [3.8, 4) is 11.8 Å². The van der Waals surface area contributed by atoms with Crippen molar-refractivity contribution >= 4 is 11.6 Å². The SMILES string of the molecule is N#CCOc1cccc(NC(=O)C2CC3CCC2N3)c1. The molecule has 0 aliphatic carbocycles. The zero-order valence-electron chi connectivity index (χ0n) is 11.1. The number of anilines is 1. The lowest BCUT2D eigenvalue weighted by Crippen LogP contribution is -2.32. The van der Waals surface area contributed by atoms with Crippen molar-refractivity contribution in [3.05, 3.63) is 24.3 Å². The summed E-state index contributed by atoms with van der Waals surface area (Å²) in [5, 5.41) is 14.9. The van der Waals surface area contributed by atoms with Crippen LogP contribution in [0.15, 0.2) is 24.3 Å². The standard InChI is InChI=1S/C15H17N3O2/c16-6-7-20-12-3-1-2-10(8-12)18-15(19)13-9-11-4-5-14(13)17-11/h1-3,8,11,13-14,17H,4-5,7,9H2,(H,18,19). The van der Waals surface area contributed by atoms with E-state index in [0.29, 0.717) is 23.5 Å². The molecule has 3 rings (SSSR count). The summed E-state index contributed by atoms with van der Waals surface area (Å²) in [7, 11) is 0. The molecule has 2 saturated heterocycles. The number of hydrogen-bond acceptors (Lipinski definition) is 4. The van der Waals surface area contributed by atoms with Crippen LogP contribution in [0.2, 0.25) is 0 Å². The van der Waals surface area contributed by atoms with E-state index in [9.17, 15) is 4.79 Å². The number of hydrogen-bond donors (Lipinski definition) is 2. The van der Waals surface area contributed by atoms with Gasteiger partial charge in [0.15, 0.2) is 6.61 Å². The molecule has 1 amide bonds. The Balaban J connectivity index is 1.62. The topological polar surface area (TPSA) is 74.1 Å². The van der Waals surface area contributed by atoms with Crippen molar-refractivity contribution in [1.29, 1.82) is 5.26 Å². The molecular weight excluding hydrogens is 254 g/mol. The third-order valence-corrected chi connectivity index (χ3v) is 4.04. The van der Waals surface area contributed by atoms with Crippen LogP contribution in [0.1, 0.15) is 19.3 Å². The van der Waals surface area contributed by atoms with Crippen LogP contribution in [0.4, 0.5) is 5.69 Å². The van der Waals surface area contributed by atoms with E-state index in [-0.39, 0.29) is 18.4 Å². The van der Waals surface area contributed by atoms with Gasteiger partial charge in [-0.05, 0) is 31.4 Å². The fourth-order valence-corrected chi connectivity index (χ4v) is 3.13. The zero-order chi connectivity index (χ0) is 13.9. The quantitative estimate of drug-likeness (QED) is 0.873. The summed E-state index contributed by atoms with van der Waals surface area (Å²) in [6, 6.07) is 9.92. The zero-order valence-corrected chi connectivity index (χ0v) is 11.1. The van der Waals surface area contributed by atoms with Crippen LogP contribution in [0.3, 0.4) is 0 Å². The number of nitriles is 1. The molecule has 2 aliphatic rings. The second-order valence-corrected chi connectivity index (χ2v) is 5.35. The Hall–Kier alpha value is -2.06. The second-order valence-electron chi connectivity index (χ2n) is 5.35. The number of fused-ring (bicyclic) bond motifs is 2. The molecule has 2 N–H and O–H groups in total. The third kappa shape index (κ3) is 2.61. The highest BCUT2D eigenvalue weighted by molar-refractivity contribution is 5.93. The largest absolute Gasteiger partial charge is 0.479 e. The lowest BCUT2D eigenvalue weighted by atomic mass is 9.88. The average molecular weight is 271 g/mol. The minimum Gasteiger partial charge on any atom is -0.479 e. The Bertz CT molecular complexity index is 552. The normalized spacial score (nSPS) is 27.1. The first kappa shape index (κ1) is 12.9. The van der Waals surface area contributed by atoms with Gasteiger partial charge in [-0.25, -0.2) is 0 Å². The first-order valence-electron chi connectivity index (χ1n) is 6.93. The summed E-state index contributed by atoms with van der Waals surface area (Å²) < 4.78 is 5.23. The molecule has 3 atom stereocenters. The first-order chi connectivity index (χ1) is 9.76. The summed E-state index contributed by atoms with van der Waals surface area (Å²) in [4.78, 5) is 12.3. The van der Waals surface area contributed by atoms with Gasteiger partial charge in [0.2, 0.25) is 5.91 Å². The van der Waals surface area contributed by atoms with Gasteiger partial charge in [-0.1, -0.05) is 6.07 Å². The van der Waals surface area contributed by atoms with Gasteiger partial charge in [-0.3, -0.25) is 4.79 Å². The van der Waals surface area contributed by atoms with Crippen molar-refractivity contribution < 1.29 is 9.53 Å². The Kier molecular flexibility index (Phi) is 3.57. The molecule has 3 unspecified atom stereocenters. The number of rotatable bonds is 4. The van der Waals surface area contributed by atoms with Crippen molar-refractivity contribution in [2.45, 2.75) is 31.3 Å². The molecule has 0 spiro atoms. The highest BCUT2D eigenvalue weighted by atomic mass is 16.5. The van der Waals surface area contributed by atoms with Gasteiger partial charge in [-0.2, -0.15) is 5.26 Å². The van der Waals surface area contributed by atoms with Crippen molar-refractivity contribution in [2.24, 2.45) is 5.92 Å². The van der Waals surface area contributed by atoms with E-state index in [0.717, 1.165) is 12.8 Å². The summed E-state index contributed by atoms with van der Waals surface area (Å²) in [5.74, 6) is 0.731. The van der Waals surface area contributed by atoms with E-state index < -0.39 is 0 Å². The predicted octanol–water partition coefficient (Wildman–Crippen LogP) is 1.67. The van der Waals surface area contributed by atoms with E-state index in [1.54, 1.807) is 18.2 Å².